The van der Waals surface area contributed by atoms with E-state index in [-0.39, 0.29) is 5.56 Å². The molecule has 0 saturated carbocycles. The summed E-state index contributed by atoms with van der Waals surface area (Å²) in [5.41, 5.74) is 0.553. The third-order valence-electron chi connectivity index (χ3n) is 2.44. The van der Waals surface area contributed by atoms with E-state index in [4.69, 9.17) is 0 Å². The quantitative estimate of drug-likeness (QED) is 0.694. The second kappa shape index (κ2) is 3.82. The van der Waals surface area contributed by atoms with E-state index in [1.165, 1.54) is 6.33 Å². The molecule has 3 aromatic rings. The maximum absolute atomic E-state index is 11.8. The zero-order chi connectivity index (χ0) is 11.7. The molecular weight excluding hydrogens is 218 g/mol. The van der Waals surface area contributed by atoms with Gasteiger partial charge in [0, 0.05) is 0 Å². The van der Waals surface area contributed by atoms with Crippen molar-refractivity contribution >= 4 is 10.9 Å². The topological polar surface area (TPSA) is 76.5 Å². The highest BCUT2D eigenvalue weighted by Crippen LogP contribution is 2.05. The molecule has 2 aromatic heterocycles. The van der Waals surface area contributed by atoms with Crippen LogP contribution in [0.15, 0.2) is 41.7 Å². The first-order chi connectivity index (χ1) is 8.33. The van der Waals surface area contributed by atoms with E-state index >= 15 is 0 Å². The number of hydrogen-bond donors (Lipinski definition) is 1. The summed E-state index contributed by atoms with van der Waals surface area (Å²) < 4.78 is 1.60. The summed E-state index contributed by atoms with van der Waals surface area (Å²) in [4.78, 5) is 22.7. The number of aromatic nitrogens is 5. The standard InChI is InChI=1S/C11H9N5O/c17-11-8-3-1-2-4-9(8)14-10(15-11)5-16-7-12-6-13-16/h1-4,6-7H,5H2,(H,14,15,17). The third kappa shape index (κ3) is 1.80. The highest BCUT2D eigenvalue weighted by atomic mass is 16.1. The van der Waals surface area contributed by atoms with Crippen LogP contribution in [0.2, 0.25) is 0 Å². The van der Waals surface area contributed by atoms with Gasteiger partial charge in [0.1, 0.15) is 25.0 Å². The van der Waals surface area contributed by atoms with Crippen LogP contribution in [0.3, 0.4) is 0 Å². The molecule has 17 heavy (non-hydrogen) atoms. The predicted molar refractivity (Wildman–Crippen MR) is 61.5 cm³/mol. The summed E-state index contributed by atoms with van der Waals surface area (Å²) >= 11 is 0. The molecule has 0 aliphatic heterocycles. The molecule has 0 saturated heterocycles. The molecule has 6 heteroatoms. The number of hydrogen-bond acceptors (Lipinski definition) is 4. The summed E-state index contributed by atoms with van der Waals surface area (Å²) in [6.45, 7) is 0.403. The summed E-state index contributed by atoms with van der Waals surface area (Å²) in [5.74, 6) is 0.569. The molecule has 0 fully saturated rings. The van der Waals surface area contributed by atoms with Gasteiger partial charge in [-0.3, -0.25) is 4.79 Å². The first kappa shape index (κ1) is 9.71. The van der Waals surface area contributed by atoms with Crippen molar-refractivity contribution in [3.8, 4) is 0 Å². The predicted octanol–water partition coefficient (Wildman–Crippen LogP) is 0.563. The molecule has 3 rings (SSSR count). The lowest BCUT2D eigenvalue weighted by atomic mass is 10.2. The van der Waals surface area contributed by atoms with Crippen molar-refractivity contribution in [2.45, 2.75) is 6.54 Å². The van der Waals surface area contributed by atoms with Crippen molar-refractivity contribution in [2.24, 2.45) is 0 Å². The molecule has 0 radical (unpaired) electrons. The first-order valence-electron chi connectivity index (χ1n) is 5.13. The van der Waals surface area contributed by atoms with E-state index in [2.05, 4.69) is 20.1 Å². The molecule has 1 aromatic carbocycles. The molecule has 0 amide bonds. The van der Waals surface area contributed by atoms with Crippen molar-refractivity contribution in [3.05, 3.63) is 53.1 Å². The van der Waals surface area contributed by atoms with Gasteiger partial charge in [0.2, 0.25) is 0 Å². The Kier molecular flexibility index (Phi) is 2.18. The Hall–Kier alpha value is -2.50. The van der Waals surface area contributed by atoms with E-state index in [0.29, 0.717) is 23.3 Å². The van der Waals surface area contributed by atoms with Gasteiger partial charge < -0.3 is 4.98 Å². The van der Waals surface area contributed by atoms with Gasteiger partial charge in [0.15, 0.2) is 0 Å². The molecule has 0 aliphatic carbocycles. The summed E-state index contributed by atoms with van der Waals surface area (Å²) in [6.07, 6.45) is 3.02. The Labute approximate surface area is 96.0 Å². The number of nitrogens with one attached hydrogen (secondary N) is 1. The van der Waals surface area contributed by atoms with E-state index < -0.39 is 0 Å². The number of nitrogens with zero attached hydrogens (tertiary/aromatic N) is 4. The molecule has 0 unspecified atom stereocenters. The van der Waals surface area contributed by atoms with Crippen molar-refractivity contribution in [2.75, 3.05) is 0 Å². The summed E-state index contributed by atoms with van der Waals surface area (Å²) in [5, 5.41) is 4.56. The maximum atomic E-state index is 11.8. The zero-order valence-corrected chi connectivity index (χ0v) is 8.87. The Morgan fingerprint density at radius 3 is 3.00 bits per heavy atom. The van der Waals surface area contributed by atoms with E-state index in [0.717, 1.165) is 0 Å². The normalized spacial score (nSPS) is 10.8. The van der Waals surface area contributed by atoms with E-state index in [1.807, 2.05) is 18.2 Å². The molecule has 0 atom stereocenters. The maximum Gasteiger partial charge on any atom is 0.258 e. The number of H-pyrrole nitrogens is 1. The van der Waals surface area contributed by atoms with Crippen LogP contribution in [0.4, 0.5) is 0 Å². The van der Waals surface area contributed by atoms with Crippen LogP contribution >= 0.6 is 0 Å². The molecule has 0 aliphatic rings. The van der Waals surface area contributed by atoms with Gasteiger partial charge in [-0.2, -0.15) is 5.10 Å². The average Bonchev–Trinajstić information content (AvgIpc) is 2.82. The van der Waals surface area contributed by atoms with Crippen molar-refractivity contribution in [1.29, 1.82) is 0 Å². The van der Waals surface area contributed by atoms with Crippen LogP contribution in [0.5, 0.6) is 0 Å². The average molecular weight is 227 g/mol. The van der Waals surface area contributed by atoms with E-state index in [9.17, 15) is 4.79 Å². The lowest BCUT2D eigenvalue weighted by molar-refractivity contribution is 0.654. The van der Waals surface area contributed by atoms with Crippen LogP contribution in [0.25, 0.3) is 10.9 Å². The Morgan fingerprint density at radius 2 is 2.18 bits per heavy atom. The smallest absolute Gasteiger partial charge is 0.258 e. The van der Waals surface area contributed by atoms with Gasteiger partial charge in [-0.1, -0.05) is 12.1 Å². The number of aromatic amines is 1. The van der Waals surface area contributed by atoms with Crippen molar-refractivity contribution in [3.63, 3.8) is 0 Å². The van der Waals surface area contributed by atoms with E-state index in [1.54, 1.807) is 17.1 Å². The fraction of sp³-hybridized carbons (Fsp3) is 0.0909. The fourth-order valence-corrected chi connectivity index (χ4v) is 1.68. The SMILES string of the molecule is O=c1[nH]c(Cn2cncn2)nc2ccccc12. The van der Waals surface area contributed by atoms with Crippen molar-refractivity contribution in [1.82, 2.24) is 24.7 Å². The number of benzene rings is 1. The largest absolute Gasteiger partial charge is 0.308 e. The molecular formula is C11H9N5O. The lowest BCUT2D eigenvalue weighted by Gasteiger charge is -2.02. The Balaban J connectivity index is 2.10. The highest BCUT2D eigenvalue weighted by Gasteiger charge is 2.03. The minimum absolute atomic E-state index is 0.134. The fourth-order valence-electron chi connectivity index (χ4n) is 1.68. The minimum Gasteiger partial charge on any atom is -0.308 e. The first-order valence-corrected chi connectivity index (χ1v) is 5.13. The third-order valence-corrected chi connectivity index (χ3v) is 2.44. The molecule has 84 valence electrons. The Morgan fingerprint density at radius 1 is 1.29 bits per heavy atom. The minimum atomic E-state index is -0.134. The van der Waals surface area contributed by atoms with Crippen LogP contribution in [-0.4, -0.2) is 24.7 Å². The monoisotopic (exact) mass is 227 g/mol. The van der Waals surface area contributed by atoms with Gasteiger partial charge in [0.25, 0.3) is 5.56 Å². The summed E-state index contributed by atoms with van der Waals surface area (Å²) in [6, 6.07) is 7.24. The van der Waals surface area contributed by atoms with Gasteiger partial charge in [-0.15, -0.1) is 0 Å². The van der Waals surface area contributed by atoms with Crippen LogP contribution in [0, 0.1) is 0 Å². The number of fused-ring (bicyclic) bond motifs is 1. The molecule has 2 heterocycles. The van der Waals surface area contributed by atoms with Crippen LogP contribution in [-0.2, 0) is 6.54 Å². The lowest BCUT2D eigenvalue weighted by Crippen LogP contribution is -2.14. The molecule has 1 N–H and O–H groups in total. The van der Waals surface area contributed by atoms with Gasteiger partial charge >= 0.3 is 0 Å². The molecule has 6 nitrogen and oxygen atoms in total. The zero-order valence-electron chi connectivity index (χ0n) is 8.87. The van der Waals surface area contributed by atoms with Gasteiger partial charge in [0.05, 0.1) is 10.9 Å². The molecule has 0 spiro atoms. The van der Waals surface area contributed by atoms with Gasteiger partial charge in [-0.25, -0.2) is 14.6 Å². The summed E-state index contributed by atoms with van der Waals surface area (Å²) in [7, 11) is 0. The second-order valence-corrected chi connectivity index (χ2v) is 3.62. The highest BCUT2D eigenvalue weighted by molar-refractivity contribution is 5.77. The molecule has 0 bridgehead atoms. The van der Waals surface area contributed by atoms with Gasteiger partial charge in [-0.05, 0) is 12.1 Å². The number of para-hydroxylation sites is 1. The number of rotatable bonds is 2. The second-order valence-electron chi connectivity index (χ2n) is 3.62. The Bertz CT molecular complexity index is 701. The van der Waals surface area contributed by atoms with Crippen molar-refractivity contribution < 1.29 is 0 Å². The van der Waals surface area contributed by atoms with Crippen LogP contribution < -0.4 is 5.56 Å². The van der Waals surface area contributed by atoms with Crippen LogP contribution in [0.1, 0.15) is 5.82 Å².